The van der Waals surface area contributed by atoms with Crippen LogP contribution in [0.4, 0.5) is 0 Å². The van der Waals surface area contributed by atoms with Crippen molar-refractivity contribution >= 4 is 17.3 Å². The van der Waals surface area contributed by atoms with Crippen molar-refractivity contribution in [3.8, 4) is 11.5 Å². The third-order valence-corrected chi connectivity index (χ3v) is 6.32. The summed E-state index contributed by atoms with van der Waals surface area (Å²) in [5, 5.41) is 19.0. The molecule has 2 aromatic rings. The lowest BCUT2D eigenvalue weighted by molar-refractivity contribution is 0.125. The third kappa shape index (κ3) is 5.64. The van der Waals surface area contributed by atoms with Crippen molar-refractivity contribution in [1.29, 1.82) is 0 Å². The summed E-state index contributed by atoms with van der Waals surface area (Å²) in [6.07, 6.45) is 2.44. The van der Waals surface area contributed by atoms with E-state index in [1.165, 1.54) is 17.7 Å². The number of likely N-dealkylation sites (tertiary alicyclic amines) is 1. The fourth-order valence-electron chi connectivity index (χ4n) is 3.96. The summed E-state index contributed by atoms with van der Waals surface area (Å²) in [5.74, 6) is 1.97. The zero-order valence-electron chi connectivity index (χ0n) is 17.5. The summed E-state index contributed by atoms with van der Waals surface area (Å²) < 4.78 is 5.11. The zero-order valence-corrected chi connectivity index (χ0v) is 18.3. The Morgan fingerprint density at radius 3 is 2.90 bits per heavy atom. The zero-order chi connectivity index (χ0) is 20.6. The van der Waals surface area contributed by atoms with E-state index in [-0.39, 0.29) is 5.75 Å². The lowest BCUT2D eigenvalue weighted by atomic mass is 9.88. The molecule has 7 heteroatoms. The second kappa shape index (κ2) is 10.5. The quantitative estimate of drug-likeness (QED) is 0.475. The highest BCUT2D eigenvalue weighted by Crippen LogP contribution is 2.36. The molecule has 1 saturated heterocycles. The highest BCUT2D eigenvalue weighted by molar-refractivity contribution is 7.10. The van der Waals surface area contributed by atoms with Crippen LogP contribution in [-0.4, -0.2) is 49.8 Å². The number of benzene rings is 1. The molecule has 0 aliphatic carbocycles. The molecule has 0 radical (unpaired) electrons. The van der Waals surface area contributed by atoms with Gasteiger partial charge in [-0.1, -0.05) is 12.1 Å². The van der Waals surface area contributed by atoms with Crippen molar-refractivity contribution < 1.29 is 9.84 Å². The number of nitrogens with zero attached hydrogens (tertiary/aromatic N) is 2. The predicted octanol–water partition coefficient (Wildman–Crippen LogP) is 3.60. The van der Waals surface area contributed by atoms with Gasteiger partial charge in [0.05, 0.1) is 13.7 Å². The fourth-order valence-corrected chi connectivity index (χ4v) is 4.94. The minimum Gasteiger partial charge on any atom is -0.504 e. The minimum atomic E-state index is 0.141. The van der Waals surface area contributed by atoms with Gasteiger partial charge in [0.1, 0.15) is 0 Å². The fraction of sp³-hybridized carbons (Fsp3) is 0.500. The molecule has 158 valence electrons. The number of rotatable bonds is 7. The summed E-state index contributed by atoms with van der Waals surface area (Å²) in [5.41, 5.74) is 0.939. The van der Waals surface area contributed by atoms with Crippen molar-refractivity contribution in [2.45, 2.75) is 32.4 Å². The first-order chi connectivity index (χ1) is 14.1. The monoisotopic (exact) mass is 416 g/mol. The molecule has 0 saturated carbocycles. The number of piperidine rings is 1. The van der Waals surface area contributed by atoms with Crippen molar-refractivity contribution in [1.82, 2.24) is 15.5 Å². The Balaban J connectivity index is 1.65. The number of methoxy groups -OCH3 is 1. The van der Waals surface area contributed by atoms with Crippen LogP contribution >= 0.6 is 11.3 Å². The van der Waals surface area contributed by atoms with E-state index in [0.717, 1.165) is 31.2 Å². The molecule has 3 rings (SSSR count). The van der Waals surface area contributed by atoms with Gasteiger partial charge in [-0.25, -0.2) is 4.99 Å². The van der Waals surface area contributed by atoms with Crippen LogP contribution in [0.3, 0.4) is 0 Å². The topological polar surface area (TPSA) is 69.1 Å². The molecule has 1 aliphatic heterocycles. The number of thiophene rings is 1. The van der Waals surface area contributed by atoms with Gasteiger partial charge in [-0.2, -0.15) is 0 Å². The maximum Gasteiger partial charge on any atom is 0.191 e. The normalized spacial score (nSPS) is 20.4. The molecule has 0 bridgehead atoms. The Hall–Kier alpha value is -2.25. The van der Waals surface area contributed by atoms with Gasteiger partial charge in [0.25, 0.3) is 0 Å². The number of aliphatic imine (C=N–C) groups is 1. The number of phenolic OH excluding ortho intramolecular Hbond substituents is 1. The van der Waals surface area contributed by atoms with Gasteiger partial charge < -0.3 is 20.5 Å². The van der Waals surface area contributed by atoms with Crippen LogP contribution in [0, 0.1) is 5.92 Å². The molecule has 1 fully saturated rings. The van der Waals surface area contributed by atoms with Crippen molar-refractivity contribution in [2.75, 3.05) is 33.8 Å². The molecule has 1 aliphatic rings. The van der Waals surface area contributed by atoms with Crippen LogP contribution in [0.25, 0.3) is 0 Å². The van der Waals surface area contributed by atoms with Gasteiger partial charge in [-0.3, -0.25) is 4.90 Å². The van der Waals surface area contributed by atoms with E-state index in [2.05, 4.69) is 47.0 Å². The van der Waals surface area contributed by atoms with Crippen molar-refractivity contribution in [2.24, 2.45) is 10.9 Å². The van der Waals surface area contributed by atoms with Crippen LogP contribution in [-0.2, 0) is 6.54 Å². The van der Waals surface area contributed by atoms with Gasteiger partial charge in [0.2, 0.25) is 0 Å². The summed E-state index contributed by atoms with van der Waals surface area (Å²) in [6.45, 7) is 5.39. The lowest BCUT2D eigenvalue weighted by Gasteiger charge is -2.39. The maximum absolute atomic E-state index is 9.97. The Morgan fingerprint density at radius 1 is 1.34 bits per heavy atom. The number of phenols is 1. The smallest absolute Gasteiger partial charge is 0.191 e. The Kier molecular flexibility index (Phi) is 7.77. The molecule has 1 aromatic carbocycles. The van der Waals surface area contributed by atoms with Crippen LogP contribution in [0.2, 0.25) is 0 Å². The van der Waals surface area contributed by atoms with Crippen LogP contribution in [0.5, 0.6) is 11.5 Å². The predicted molar refractivity (Wildman–Crippen MR) is 120 cm³/mol. The second-order valence-electron chi connectivity index (χ2n) is 7.43. The second-order valence-corrected chi connectivity index (χ2v) is 8.40. The van der Waals surface area contributed by atoms with Crippen LogP contribution in [0.1, 0.15) is 36.2 Å². The van der Waals surface area contributed by atoms with Crippen molar-refractivity contribution in [3.05, 3.63) is 46.2 Å². The standard InChI is InChI=1S/C22H32N4O2S/c1-4-23-22(24-14-16-9-10-19(28-3)18(27)13-16)25-15-17-7-5-11-26(2)21(17)20-8-6-12-29-20/h6,8-10,12-13,17,21,27H,4-5,7,11,14-15H2,1-3H3,(H2,23,24,25). The highest BCUT2D eigenvalue weighted by Gasteiger charge is 2.31. The molecule has 0 amide bonds. The van der Waals surface area contributed by atoms with E-state index in [9.17, 15) is 5.11 Å². The number of hydrogen-bond donors (Lipinski definition) is 3. The molecule has 29 heavy (non-hydrogen) atoms. The van der Waals surface area contributed by atoms with Crippen LogP contribution < -0.4 is 15.4 Å². The molecule has 0 spiro atoms. The number of hydrogen-bond acceptors (Lipinski definition) is 5. The summed E-state index contributed by atoms with van der Waals surface area (Å²) >= 11 is 1.84. The van der Waals surface area contributed by atoms with E-state index in [1.54, 1.807) is 19.2 Å². The third-order valence-electron chi connectivity index (χ3n) is 5.38. The first-order valence-electron chi connectivity index (χ1n) is 10.2. The van der Waals surface area contributed by atoms with Crippen molar-refractivity contribution in [3.63, 3.8) is 0 Å². The summed E-state index contributed by atoms with van der Waals surface area (Å²) in [6, 6.07) is 10.2. The first kappa shape index (κ1) is 21.5. The number of guanidine groups is 1. The number of ether oxygens (including phenoxy) is 1. The molecule has 2 heterocycles. The van der Waals surface area contributed by atoms with E-state index in [4.69, 9.17) is 9.73 Å². The maximum atomic E-state index is 9.97. The number of nitrogens with one attached hydrogen (secondary N) is 2. The minimum absolute atomic E-state index is 0.141. The van der Waals surface area contributed by atoms with E-state index < -0.39 is 0 Å². The highest BCUT2D eigenvalue weighted by atomic mass is 32.1. The van der Waals surface area contributed by atoms with Gasteiger partial charge in [-0.15, -0.1) is 11.3 Å². The van der Waals surface area contributed by atoms with Gasteiger partial charge in [-0.05, 0) is 68.4 Å². The van der Waals surface area contributed by atoms with Gasteiger partial charge >= 0.3 is 0 Å². The Labute approximate surface area is 177 Å². The van der Waals surface area contributed by atoms with E-state index >= 15 is 0 Å². The average molecular weight is 417 g/mol. The molecular weight excluding hydrogens is 384 g/mol. The molecule has 1 aromatic heterocycles. The summed E-state index contributed by atoms with van der Waals surface area (Å²) in [4.78, 5) is 8.62. The van der Waals surface area contributed by atoms with E-state index in [1.807, 2.05) is 17.4 Å². The first-order valence-corrected chi connectivity index (χ1v) is 11.1. The van der Waals surface area contributed by atoms with Gasteiger partial charge in [0.15, 0.2) is 17.5 Å². The van der Waals surface area contributed by atoms with Gasteiger partial charge in [0, 0.05) is 24.0 Å². The molecule has 3 N–H and O–H groups in total. The van der Waals surface area contributed by atoms with Crippen LogP contribution in [0.15, 0.2) is 40.7 Å². The summed E-state index contributed by atoms with van der Waals surface area (Å²) in [7, 11) is 3.78. The molecule has 2 atom stereocenters. The van der Waals surface area contributed by atoms with E-state index in [0.29, 0.717) is 24.3 Å². The SMILES string of the molecule is CCNC(=NCc1ccc(OC)c(O)c1)NCC1CCCN(C)C1c1cccs1. The number of aromatic hydroxyl groups is 1. The average Bonchev–Trinajstić information content (AvgIpc) is 3.24. The lowest BCUT2D eigenvalue weighted by Crippen LogP contribution is -2.44. The molecular formula is C22H32N4O2S. The largest absolute Gasteiger partial charge is 0.504 e. The molecule has 6 nitrogen and oxygen atoms in total. The Morgan fingerprint density at radius 2 is 2.21 bits per heavy atom. The Bertz CT molecular complexity index is 794. The molecule has 2 unspecified atom stereocenters.